The second-order valence-electron chi connectivity index (χ2n) is 10.4. The van der Waals surface area contributed by atoms with Gasteiger partial charge in [-0.1, -0.05) is 28.9 Å². The lowest BCUT2D eigenvalue weighted by Gasteiger charge is -2.24. The Kier molecular flexibility index (Phi) is 9.28. The minimum Gasteiger partial charge on any atom is -0.426 e. The van der Waals surface area contributed by atoms with Crippen LogP contribution >= 0.6 is 11.6 Å². The van der Waals surface area contributed by atoms with Crippen LogP contribution in [0.4, 0.5) is 8.78 Å². The molecule has 1 aliphatic heterocycles. The monoisotopic (exact) mass is 627 g/mol. The average molecular weight is 628 g/mol. The zero-order valence-electron chi connectivity index (χ0n) is 23.6. The molecule has 0 saturated carbocycles. The number of alkyl halides is 1. The van der Waals surface area contributed by atoms with Crippen molar-refractivity contribution >= 4 is 46.1 Å². The normalized spacial score (nSPS) is 16.3. The summed E-state index contributed by atoms with van der Waals surface area (Å²) < 4.78 is 35.8. The minimum absolute atomic E-state index is 0.0948. The molecule has 2 aromatic heterocycles. The van der Waals surface area contributed by atoms with Crippen molar-refractivity contribution in [1.82, 2.24) is 35.4 Å². The van der Waals surface area contributed by atoms with Crippen LogP contribution in [0.5, 0.6) is 5.75 Å². The molecular weight excluding hydrogens is 600 g/mol. The van der Waals surface area contributed by atoms with Gasteiger partial charge in [-0.15, -0.1) is 10.2 Å². The highest BCUT2D eigenvalue weighted by Gasteiger charge is 2.39. The number of aromatic nitrogens is 5. The highest BCUT2D eigenvalue weighted by molar-refractivity contribution is 6.30. The molecule has 1 aliphatic rings. The van der Waals surface area contributed by atoms with Crippen LogP contribution in [0, 0.1) is 5.82 Å². The summed E-state index contributed by atoms with van der Waals surface area (Å²) in [7, 11) is 0. The van der Waals surface area contributed by atoms with Crippen LogP contribution in [0.1, 0.15) is 47.9 Å². The third-order valence-corrected chi connectivity index (χ3v) is 7.59. The summed E-state index contributed by atoms with van der Waals surface area (Å²) in [5.74, 6) is -1.92. The maximum Gasteiger partial charge on any atom is 0.311 e. The minimum atomic E-state index is -1.43. The Labute approximate surface area is 254 Å². The third-order valence-electron chi connectivity index (χ3n) is 7.30. The van der Waals surface area contributed by atoms with Gasteiger partial charge in [0.2, 0.25) is 11.8 Å². The predicted octanol–water partition coefficient (Wildman–Crippen LogP) is 3.33. The van der Waals surface area contributed by atoms with E-state index in [0.29, 0.717) is 35.1 Å². The molecule has 4 aromatic rings. The number of aryl methyl sites for hydroxylation is 1. The molecule has 5 rings (SSSR count). The number of nitrogens with one attached hydrogen (secondary N) is 2. The number of ether oxygens (including phenoxy) is 1. The van der Waals surface area contributed by atoms with Crippen molar-refractivity contribution in [2.75, 3.05) is 6.54 Å². The maximum atomic E-state index is 14.5. The number of benzene rings is 2. The van der Waals surface area contributed by atoms with Crippen LogP contribution in [0.25, 0.3) is 10.9 Å². The Morgan fingerprint density at radius 1 is 1.20 bits per heavy atom. The Morgan fingerprint density at radius 2 is 2.02 bits per heavy atom. The molecule has 2 N–H and O–H groups in total. The van der Waals surface area contributed by atoms with E-state index in [0.717, 1.165) is 4.90 Å². The molecule has 2 atom stereocenters. The van der Waals surface area contributed by atoms with Crippen molar-refractivity contribution < 1.29 is 32.7 Å². The number of likely N-dealkylation sites (tertiary alicyclic amines) is 1. The van der Waals surface area contributed by atoms with Gasteiger partial charge in [0, 0.05) is 54.6 Å². The zero-order chi connectivity index (χ0) is 31.4. The predicted molar refractivity (Wildman–Crippen MR) is 153 cm³/mol. The molecular formula is C29H28ClF2N7O5. The number of fused-ring (bicyclic) bond motifs is 1. The van der Waals surface area contributed by atoms with E-state index in [1.807, 2.05) is 0 Å². The van der Waals surface area contributed by atoms with E-state index in [1.165, 1.54) is 42.0 Å². The summed E-state index contributed by atoms with van der Waals surface area (Å²) in [5.41, 5.74) is 0.931. The van der Waals surface area contributed by atoms with Crippen LogP contribution in [-0.4, -0.2) is 72.4 Å². The first-order valence-corrected chi connectivity index (χ1v) is 14.2. The molecule has 0 bridgehead atoms. The van der Waals surface area contributed by atoms with Crippen LogP contribution in [-0.2, 0) is 33.9 Å². The number of rotatable bonds is 11. The van der Waals surface area contributed by atoms with Gasteiger partial charge < -0.3 is 19.5 Å². The van der Waals surface area contributed by atoms with E-state index < -0.39 is 35.8 Å². The Balaban J connectivity index is 1.29. The molecule has 3 heterocycles. The van der Waals surface area contributed by atoms with Crippen LogP contribution < -0.4 is 10.1 Å². The molecule has 0 unspecified atom stereocenters. The molecule has 2 amide bonds. The second-order valence-corrected chi connectivity index (χ2v) is 10.8. The standard InChI is InChI=1S/C29H28ClF2N7O5/c1-16(40)21-14-38(23-11-19(8-9-20(21)23)44-27(42)7-3-6-25-34-36-37-35-25)15-26(41)39-13-18(31)10-24(39)29(43)33-12-17-4-2-5-22(30)28(17)32/h2,4-5,8-9,11,14,18,24H,3,6-7,10,12-13,15H2,1H3,(H,33,43)(H,34,35,36,37)/t18-,24+/m1/s1. The Morgan fingerprint density at radius 3 is 2.77 bits per heavy atom. The van der Waals surface area contributed by atoms with E-state index in [9.17, 15) is 28.0 Å². The number of ketones is 1. The zero-order valence-corrected chi connectivity index (χ0v) is 24.3. The smallest absolute Gasteiger partial charge is 0.311 e. The number of Topliss-reactive ketones (excluding diaryl/α,β-unsaturated/α-hetero) is 1. The quantitative estimate of drug-likeness (QED) is 0.146. The highest BCUT2D eigenvalue weighted by Crippen LogP contribution is 2.28. The van der Waals surface area contributed by atoms with Gasteiger partial charge in [-0.3, -0.25) is 19.2 Å². The van der Waals surface area contributed by atoms with E-state index >= 15 is 0 Å². The number of nitrogens with zero attached hydrogens (tertiary/aromatic N) is 5. The van der Waals surface area contributed by atoms with Gasteiger partial charge >= 0.3 is 5.97 Å². The summed E-state index contributed by atoms with van der Waals surface area (Å²) in [6, 6.07) is 7.97. The van der Waals surface area contributed by atoms with Gasteiger partial charge in [0.05, 0.1) is 17.1 Å². The Bertz CT molecular complexity index is 1710. The summed E-state index contributed by atoms with van der Waals surface area (Å²) in [6.07, 6.45) is 0.822. The number of hydrogen-bond acceptors (Lipinski definition) is 8. The lowest BCUT2D eigenvalue weighted by molar-refractivity contribution is -0.139. The summed E-state index contributed by atoms with van der Waals surface area (Å²) in [6.45, 7) is 0.582. The number of halogens is 3. The molecule has 2 aromatic carbocycles. The fourth-order valence-electron chi connectivity index (χ4n) is 5.14. The van der Waals surface area contributed by atoms with Gasteiger partial charge in [0.15, 0.2) is 11.6 Å². The number of amides is 2. The van der Waals surface area contributed by atoms with Gasteiger partial charge in [0.25, 0.3) is 0 Å². The second kappa shape index (κ2) is 13.3. The SMILES string of the molecule is CC(=O)c1cn(CC(=O)N2C[C@H](F)C[C@H]2C(=O)NCc2cccc(Cl)c2F)c2cc(OC(=O)CCCc3nn[nH]n3)ccc12. The summed E-state index contributed by atoms with van der Waals surface area (Å²) >= 11 is 5.81. The van der Waals surface area contributed by atoms with Crippen molar-refractivity contribution in [2.45, 2.75) is 57.9 Å². The van der Waals surface area contributed by atoms with Crippen molar-refractivity contribution in [3.63, 3.8) is 0 Å². The van der Waals surface area contributed by atoms with Crippen molar-refractivity contribution in [1.29, 1.82) is 0 Å². The average Bonchev–Trinajstić information content (AvgIpc) is 3.73. The van der Waals surface area contributed by atoms with E-state index in [-0.39, 0.29) is 54.6 Å². The molecule has 12 nitrogen and oxygen atoms in total. The van der Waals surface area contributed by atoms with Crippen LogP contribution in [0.15, 0.2) is 42.6 Å². The van der Waals surface area contributed by atoms with Gasteiger partial charge in [-0.05, 0) is 31.5 Å². The number of aromatic amines is 1. The number of esters is 1. The van der Waals surface area contributed by atoms with Crippen molar-refractivity contribution in [2.24, 2.45) is 0 Å². The maximum absolute atomic E-state index is 14.5. The number of H-pyrrole nitrogens is 1. The third kappa shape index (κ3) is 6.91. The lowest BCUT2D eigenvalue weighted by Crippen LogP contribution is -2.46. The molecule has 0 aliphatic carbocycles. The van der Waals surface area contributed by atoms with Crippen LogP contribution in [0.2, 0.25) is 5.02 Å². The molecule has 1 saturated heterocycles. The summed E-state index contributed by atoms with van der Waals surface area (Å²) in [5, 5.41) is 16.5. The molecule has 0 spiro atoms. The number of hydrogen-bond donors (Lipinski definition) is 2. The Hall–Kier alpha value is -4.72. The van der Waals surface area contributed by atoms with E-state index in [4.69, 9.17) is 16.3 Å². The molecule has 15 heteroatoms. The van der Waals surface area contributed by atoms with Gasteiger partial charge in [0.1, 0.15) is 30.3 Å². The van der Waals surface area contributed by atoms with Crippen LogP contribution in [0.3, 0.4) is 0 Å². The van der Waals surface area contributed by atoms with Gasteiger partial charge in [-0.2, -0.15) is 5.21 Å². The molecule has 230 valence electrons. The van der Waals surface area contributed by atoms with Crippen molar-refractivity contribution in [3.05, 3.63) is 70.4 Å². The molecule has 0 radical (unpaired) electrons. The number of carbonyl (C=O) groups excluding carboxylic acids is 4. The van der Waals surface area contributed by atoms with Gasteiger partial charge in [-0.25, -0.2) is 8.78 Å². The fourth-order valence-corrected chi connectivity index (χ4v) is 5.33. The largest absolute Gasteiger partial charge is 0.426 e. The molecule has 44 heavy (non-hydrogen) atoms. The number of carbonyl (C=O) groups is 4. The first kappa shape index (κ1) is 30.7. The van der Waals surface area contributed by atoms with Crippen molar-refractivity contribution in [3.8, 4) is 5.75 Å². The number of tetrazole rings is 1. The summed E-state index contributed by atoms with van der Waals surface area (Å²) in [4.78, 5) is 52.4. The topological polar surface area (TPSA) is 152 Å². The first-order chi connectivity index (χ1) is 21.1. The van der Waals surface area contributed by atoms with E-state index in [2.05, 4.69) is 25.9 Å². The molecule has 1 fully saturated rings. The van der Waals surface area contributed by atoms with E-state index in [1.54, 1.807) is 12.1 Å². The fraction of sp³-hybridized carbons (Fsp3) is 0.345. The highest BCUT2D eigenvalue weighted by atomic mass is 35.5. The lowest BCUT2D eigenvalue weighted by atomic mass is 10.1. The first-order valence-electron chi connectivity index (χ1n) is 13.8.